The first kappa shape index (κ1) is 17.6. The van der Waals surface area contributed by atoms with Crippen LogP contribution in [0.4, 0.5) is 0 Å². The highest BCUT2D eigenvalue weighted by atomic mass is 32.1. The van der Waals surface area contributed by atoms with E-state index in [1.807, 2.05) is 31.4 Å². The first-order chi connectivity index (χ1) is 11.2. The zero-order chi connectivity index (χ0) is 16.5. The van der Waals surface area contributed by atoms with Crippen LogP contribution in [0.1, 0.15) is 42.6 Å². The summed E-state index contributed by atoms with van der Waals surface area (Å²) in [5, 5.41) is 2.79. The fraction of sp³-hybridized carbons (Fsp3) is 0.471. The highest BCUT2D eigenvalue weighted by Crippen LogP contribution is 2.21. The van der Waals surface area contributed by atoms with Gasteiger partial charge in [0.25, 0.3) is 0 Å². The number of aromatic nitrogens is 2. The number of nitrogens with zero attached hydrogens (tertiary/aromatic N) is 2. The standard InChI is InChI=1S/C17H22N2O3S/c1-3-21-13(2)17-19-15(12-23-17)11-16(20)22-10-4-5-14-6-8-18-9-7-14/h6-9,12-13H,3-5,10-11H2,1-2H3. The van der Waals surface area contributed by atoms with Crippen LogP contribution in [-0.2, 0) is 27.1 Å². The van der Waals surface area contributed by atoms with E-state index in [2.05, 4.69) is 9.97 Å². The predicted molar refractivity (Wildman–Crippen MR) is 89.4 cm³/mol. The molecule has 1 atom stereocenters. The van der Waals surface area contributed by atoms with Crippen molar-refractivity contribution in [1.82, 2.24) is 9.97 Å². The molecule has 2 rings (SSSR count). The Kier molecular flexibility index (Phi) is 7.16. The smallest absolute Gasteiger partial charge is 0.311 e. The van der Waals surface area contributed by atoms with Crippen molar-refractivity contribution in [3.05, 3.63) is 46.2 Å². The third kappa shape index (κ3) is 6.08. The fourth-order valence-electron chi connectivity index (χ4n) is 2.12. The molecule has 0 spiro atoms. The molecule has 0 aliphatic rings. The average molecular weight is 334 g/mol. The lowest BCUT2D eigenvalue weighted by Gasteiger charge is -2.07. The molecule has 0 radical (unpaired) electrons. The van der Waals surface area contributed by atoms with Crippen molar-refractivity contribution in [1.29, 1.82) is 0 Å². The van der Waals surface area contributed by atoms with Crippen molar-refractivity contribution in [3.63, 3.8) is 0 Å². The zero-order valence-electron chi connectivity index (χ0n) is 13.5. The van der Waals surface area contributed by atoms with Gasteiger partial charge in [-0.05, 0) is 44.4 Å². The molecule has 0 saturated heterocycles. The third-order valence-corrected chi connectivity index (χ3v) is 4.34. The van der Waals surface area contributed by atoms with Gasteiger partial charge in [0.1, 0.15) is 11.1 Å². The SMILES string of the molecule is CCOC(C)c1nc(CC(=O)OCCCc2ccncc2)cs1. The Morgan fingerprint density at radius 1 is 1.35 bits per heavy atom. The number of aryl methyl sites for hydroxylation is 1. The minimum Gasteiger partial charge on any atom is -0.465 e. The lowest BCUT2D eigenvalue weighted by Crippen LogP contribution is -2.10. The summed E-state index contributed by atoms with van der Waals surface area (Å²) in [5.74, 6) is -0.236. The Morgan fingerprint density at radius 3 is 2.87 bits per heavy atom. The molecule has 0 aliphatic carbocycles. The average Bonchev–Trinajstić information content (AvgIpc) is 3.01. The van der Waals surface area contributed by atoms with Crippen molar-refractivity contribution in [2.75, 3.05) is 13.2 Å². The molecular formula is C17H22N2O3S. The lowest BCUT2D eigenvalue weighted by atomic mass is 10.1. The zero-order valence-corrected chi connectivity index (χ0v) is 14.3. The van der Waals surface area contributed by atoms with E-state index in [1.54, 1.807) is 12.4 Å². The molecule has 1 unspecified atom stereocenters. The van der Waals surface area contributed by atoms with Gasteiger partial charge in [0.2, 0.25) is 0 Å². The first-order valence-electron chi connectivity index (χ1n) is 7.79. The van der Waals surface area contributed by atoms with Crippen LogP contribution in [0.15, 0.2) is 29.9 Å². The number of carbonyl (C=O) groups is 1. The largest absolute Gasteiger partial charge is 0.465 e. The summed E-state index contributed by atoms with van der Waals surface area (Å²) in [6.45, 7) is 4.99. The summed E-state index contributed by atoms with van der Waals surface area (Å²) in [5.41, 5.74) is 1.95. The second kappa shape index (κ2) is 9.37. The van der Waals surface area contributed by atoms with E-state index in [0.29, 0.717) is 13.2 Å². The van der Waals surface area contributed by atoms with Crippen molar-refractivity contribution in [3.8, 4) is 0 Å². The minimum atomic E-state index is -0.236. The topological polar surface area (TPSA) is 61.3 Å². The molecular weight excluding hydrogens is 312 g/mol. The van der Waals surface area contributed by atoms with Crippen LogP contribution in [-0.4, -0.2) is 29.2 Å². The Hall–Kier alpha value is -1.79. The maximum atomic E-state index is 11.8. The van der Waals surface area contributed by atoms with Gasteiger partial charge in [0.05, 0.1) is 18.7 Å². The van der Waals surface area contributed by atoms with Gasteiger partial charge in [0.15, 0.2) is 0 Å². The van der Waals surface area contributed by atoms with Crippen molar-refractivity contribution in [2.24, 2.45) is 0 Å². The molecule has 0 fully saturated rings. The summed E-state index contributed by atoms with van der Waals surface area (Å²) in [7, 11) is 0. The quantitative estimate of drug-likeness (QED) is 0.520. The molecule has 0 saturated carbocycles. The van der Waals surface area contributed by atoms with E-state index in [-0.39, 0.29) is 18.5 Å². The number of esters is 1. The van der Waals surface area contributed by atoms with Crippen LogP contribution >= 0.6 is 11.3 Å². The molecule has 0 amide bonds. The summed E-state index contributed by atoms with van der Waals surface area (Å²) in [4.78, 5) is 20.2. The number of carbonyl (C=O) groups excluding carboxylic acids is 1. The van der Waals surface area contributed by atoms with E-state index < -0.39 is 0 Å². The van der Waals surface area contributed by atoms with Gasteiger partial charge in [-0.2, -0.15) is 0 Å². The van der Waals surface area contributed by atoms with E-state index >= 15 is 0 Å². The van der Waals surface area contributed by atoms with Crippen molar-refractivity contribution in [2.45, 2.75) is 39.2 Å². The number of thiazole rings is 1. The molecule has 23 heavy (non-hydrogen) atoms. The molecule has 0 bridgehead atoms. The van der Waals surface area contributed by atoms with Gasteiger partial charge in [-0.1, -0.05) is 0 Å². The Morgan fingerprint density at radius 2 is 2.13 bits per heavy atom. The van der Waals surface area contributed by atoms with Gasteiger partial charge in [0, 0.05) is 24.4 Å². The minimum absolute atomic E-state index is 0.0323. The molecule has 0 aromatic carbocycles. The second-order valence-corrected chi connectivity index (χ2v) is 6.02. The Labute approximate surface area is 140 Å². The number of hydrogen-bond donors (Lipinski definition) is 0. The van der Waals surface area contributed by atoms with Crippen molar-refractivity contribution >= 4 is 17.3 Å². The second-order valence-electron chi connectivity index (χ2n) is 5.13. The van der Waals surface area contributed by atoms with Gasteiger partial charge in [-0.3, -0.25) is 9.78 Å². The van der Waals surface area contributed by atoms with Crippen LogP contribution < -0.4 is 0 Å². The summed E-state index contributed by atoms with van der Waals surface area (Å²) < 4.78 is 10.8. The lowest BCUT2D eigenvalue weighted by molar-refractivity contribution is -0.142. The monoisotopic (exact) mass is 334 g/mol. The van der Waals surface area contributed by atoms with Crippen LogP contribution in [0.3, 0.4) is 0 Å². The number of pyridine rings is 1. The maximum absolute atomic E-state index is 11.8. The normalized spacial score (nSPS) is 12.1. The summed E-state index contributed by atoms with van der Waals surface area (Å²) in [6.07, 6.45) is 5.40. The number of ether oxygens (including phenoxy) is 2. The Bertz CT molecular complexity index is 601. The van der Waals surface area contributed by atoms with Crippen molar-refractivity contribution < 1.29 is 14.3 Å². The van der Waals surface area contributed by atoms with Gasteiger partial charge >= 0.3 is 5.97 Å². The van der Waals surface area contributed by atoms with E-state index in [1.165, 1.54) is 16.9 Å². The van der Waals surface area contributed by atoms with Crippen LogP contribution in [0.2, 0.25) is 0 Å². The maximum Gasteiger partial charge on any atom is 0.311 e. The molecule has 5 nitrogen and oxygen atoms in total. The molecule has 124 valence electrons. The van der Waals surface area contributed by atoms with Gasteiger partial charge in [-0.25, -0.2) is 4.98 Å². The van der Waals surface area contributed by atoms with E-state index in [0.717, 1.165) is 23.5 Å². The van der Waals surface area contributed by atoms with E-state index in [4.69, 9.17) is 9.47 Å². The van der Waals surface area contributed by atoms with Crippen LogP contribution in [0.25, 0.3) is 0 Å². The molecule has 6 heteroatoms. The van der Waals surface area contributed by atoms with E-state index in [9.17, 15) is 4.79 Å². The third-order valence-electron chi connectivity index (χ3n) is 3.28. The summed E-state index contributed by atoms with van der Waals surface area (Å²) >= 11 is 1.52. The molecule has 2 aromatic rings. The highest BCUT2D eigenvalue weighted by molar-refractivity contribution is 7.09. The van der Waals surface area contributed by atoms with Crippen LogP contribution in [0.5, 0.6) is 0 Å². The Balaban J connectivity index is 1.68. The molecule has 0 N–H and O–H groups in total. The molecule has 2 aromatic heterocycles. The van der Waals surface area contributed by atoms with Crippen LogP contribution in [0, 0.1) is 0 Å². The highest BCUT2D eigenvalue weighted by Gasteiger charge is 2.13. The number of hydrogen-bond acceptors (Lipinski definition) is 6. The van der Waals surface area contributed by atoms with Gasteiger partial charge < -0.3 is 9.47 Å². The molecule has 2 heterocycles. The first-order valence-corrected chi connectivity index (χ1v) is 8.67. The van der Waals surface area contributed by atoms with Gasteiger partial charge in [-0.15, -0.1) is 11.3 Å². The number of rotatable bonds is 9. The summed E-state index contributed by atoms with van der Waals surface area (Å²) in [6, 6.07) is 3.94. The molecule has 0 aliphatic heterocycles. The fourth-order valence-corrected chi connectivity index (χ4v) is 2.94. The predicted octanol–water partition coefficient (Wildman–Crippen LogP) is 3.35.